The van der Waals surface area contributed by atoms with Gasteiger partial charge in [0, 0.05) is 31.8 Å². The van der Waals surface area contributed by atoms with Crippen molar-refractivity contribution in [2.75, 3.05) is 7.05 Å². The predicted molar refractivity (Wildman–Crippen MR) is 57.4 cm³/mol. The third-order valence-corrected chi connectivity index (χ3v) is 3.86. The Hall–Kier alpha value is -0.860. The number of carbonyl (C=O) groups is 2. The lowest BCUT2D eigenvalue weighted by molar-refractivity contribution is -0.139. The summed E-state index contributed by atoms with van der Waals surface area (Å²) in [6.45, 7) is 0. The molecule has 0 spiro atoms. The Kier molecular flexibility index (Phi) is 3.08. The molecule has 2 fully saturated rings. The van der Waals surface area contributed by atoms with Gasteiger partial charge in [0.1, 0.15) is 5.78 Å². The summed E-state index contributed by atoms with van der Waals surface area (Å²) >= 11 is 0. The predicted octanol–water partition coefficient (Wildman–Crippen LogP) is 1.76. The van der Waals surface area contributed by atoms with Gasteiger partial charge in [0.05, 0.1) is 0 Å². The molecule has 0 aromatic rings. The lowest BCUT2D eigenvalue weighted by Crippen LogP contribution is -2.44. The quantitative estimate of drug-likeness (QED) is 0.695. The smallest absolute Gasteiger partial charge is 0.225 e. The maximum absolute atomic E-state index is 12.1. The van der Waals surface area contributed by atoms with Crippen LogP contribution in [0.15, 0.2) is 0 Å². The van der Waals surface area contributed by atoms with Gasteiger partial charge in [-0.1, -0.05) is 0 Å². The minimum atomic E-state index is 0.119. The number of hydrogen-bond acceptors (Lipinski definition) is 2. The van der Waals surface area contributed by atoms with Gasteiger partial charge in [-0.3, -0.25) is 9.59 Å². The van der Waals surface area contributed by atoms with Crippen LogP contribution in [0.25, 0.3) is 0 Å². The average molecular weight is 209 g/mol. The molecular formula is C12H19NO2. The lowest BCUT2D eigenvalue weighted by atomic mass is 9.85. The summed E-state index contributed by atoms with van der Waals surface area (Å²) in [4.78, 5) is 25.1. The summed E-state index contributed by atoms with van der Waals surface area (Å²) in [5.74, 6) is 0.714. The summed E-state index contributed by atoms with van der Waals surface area (Å²) in [6.07, 6.45) is 6.33. The van der Waals surface area contributed by atoms with Crippen molar-refractivity contribution < 1.29 is 9.59 Å². The van der Waals surface area contributed by atoms with Crippen LogP contribution >= 0.6 is 0 Å². The zero-order valence-corrected chi connectivity index (χ0v) is 9.37. The molecule has 2 rings (SSSR count). The number of amides is 1. The zero-order chi connectivity index (χ0) is 10.8. The molecule has 15 heavy (non-hydrogen) atoms. The summed E-state index contributed by atoms with van der Waals surface area (Å²) in [6, 6.07) is 0.482. The van der Waals surface area contributed by atoms with Gasteiger partial charge in [-0.2, -0.15) is 0 Å². The van der Waals surface area contributed by atoms with Crippen LogP contribution in [0.2, 0.25) is 0 Å². The van der Waals surface area contributed by atoms with E-state index in [4.69, 9.17) is 0 Å². The standard InChI is InChI=1S/C12H19NO2/c1-13(10-3-2-4-10)12(15)9-5-7-11(14)8-6-9/h9-10H,2-8H2,1H3. The fourth-order valence-corrected chi connectivity index (χ4v) is 2.43. The Morgan fingerprint density at radius 2 is 1.80 bits per heavy atom. The molecule has 2 aliphatic carbocycles. The van der Waals surface area contributed by atoms with Crippen molar-refractivity contribution in [2.45, 2.75) is 51.0 Å². The topological polar surface area (TPSA) is 37.4 Å². The molecule has 3 heteroatoms. The Morgan fingerprint density at radius 1 is 1.20 bits per heavy atom. The van der Waals surface area contributed by atoms with Crippen molar-refractivity contribution in [2.24, 2.45) is 5.92 Å². The van der Waals surface area contributed by atoms with E-state index in [0.29, 0.717) is 24.7 Å². The summed E-state index contributed by atoms with van der Waals surface area (Å²) in [7, 11) is 1.92. The fourth-order valence-electron chi connectivity index (χ4n) is 2.43. The van der Waals surface area contributed by atoms with Gasteiger partial charge in [-0.05, 0) is 32.1 Å². The third-order valence-electron chi connectivity index (χ3n) is 3.86. The van der Waals surface area contributed by atoms with Crippen molar-refractivity contribution >= 4 is 11.7 Å². The number of nitrogens with zero attached hydrogens (tertiary/aromatic N) is 1. The van der Waals surface area contributed by atoms with E-state index >= 15 is 0 Å². The summed E-state index contributed by atoms with van der Waals surface area (Å²) < 4.78 is 0. The fraction of sp³-hybridized carbons (Fsp3) is 0.833. The van der Waals surface area contributed by atoms with Gasteiger partial charge < -0.3 is 4.90 Å². The van der Waals surface area contributed by atoms with E-state index in [9.17, 15) is 9.59 Å². The summed E-state index contributed by atoms with van der Waals surface area (Å²) in [5, 5.41) is 0. The Bertz CT molecular complexity index is 261. The number of Topliss-reactive ketones (excluding diaryl/α,β-unsaturated/α-hetero) is 1. The Balaban J connectivity index is 1.86. The number of carbonyl (C=O) groups excluding carboxylic acids is 2. The van der Waals surface area contributed by atoms with E-state index in [1.807, 2.05) is 11.9 Å². The van der Waals surface area contributed by atoms with Gasteiger partial charge in [0.2, 0.25) is 5.91 Å². The molecule has 0 N–H and O–H groups in total. The highest BCUT2D eigenvalue weighted by Gasteiger charge is 2.32. The van der Waals surface area contributed by atoms with Crippen molar-refractivity contribution in [3.63, 3.8) is 0 Å². The average Bonchev–Trinajstić information content (AvgIpc) is 2.15. The molecule has 0 atom stereocenters. The van der Waals surface area contributed by atoms with Crippen LogP contribution in [0.5, 0.6) is 0 Å². The zero-order valence-electron chi connectivity index (χ0n) is 9.37. The molecule has 2 aliphatic rings. The number of hydrogen-bond donors (Lipinski definition) is 0. The monoisotopic (exact) mass is 209 g/mol. The molecule has 0 bridgehead atoms. The van der Waals surface area contributed by atoms with Crippen molar-refractivity contribution in [3.05, 3.63) is 0 Å². The number of ketones is 1. The maximum Gasteiger partial charge on any atom is 0.225 e. The minimum absolute atomic E-state index is 0.119. The molecule has 3 nitrogen and oxygen atoms in total. The molecule has 0 aliphatic heterocycles. The molecule has 0 heterocycles. The van der Waals surface area contributed by atoms with Crippen molar-refractivity contribution in [1.29, 1.82) is 0 Å². The first-order valence-electron chi connectivity index (χ1n) is 5.97. The second kappa shape index (κ2) is 4.33. The van der Waals surface area contributed by atoms with Gasteiger partial charge in [-0.25, -0.2) is 0 Å². The number of rotatable bonds is 2. The third kappa shape index (κ3) is 2.21. The van der Waals surface area contributed by atoms with Crippen molar-refractivity contribution in [3.8, 4) is 0 Å². The van der Waals surface area contributed by atoms with Gasteiger partial charge in [0.25, 0.3) is 0 Å². The van der Waals surface area contributed by atoms with E-state index in [-0.39, 0.29) is 11.8 Å². The van der Waals surface area contributed by atoms with E-state index in [2.05, 4.69) is 0 Å². The van der Waals surface area contributed by atoms with Crippen LogP contribution in [-0.4, -0.2) is 29.7 Å². The highest BCUT2D eigenvalue weighted by Crippen LogP contribution is 2.28. The molecule has 84 valence electrons. The highest BCUT2D eigenvalue weighted by atomic mass is 16.2. The normalized spacial score (nSPS) is 23.7. The van der Waals surface area contributed by atoms with Crippen LogP contribution in [0, 0.1) is 5.92 Å². The second-order valence-corrected chi connectivity index (χ2v) is 4.85. The first-order valence-corrected chi connectivity index (χ1v) is 5.97. The molecule has 0 saturated heterocycles. The van der Waals surface area contributed by atoms with E-state index in [1.165, 1.54) is 6.42 Å². The van der Waals surface area contributed by atoms with E-state index < -0.39 is 0 Å². The molecule has 0 aromatic heterocycles. The van der Waals surface area contributed by atoms with Crippen LogP contribution < -0.4 is 0 Å². The largest absolute Gasteiger partial charge is 0.343 e. The summed E-state index contributed by atoms with van der Waals surface area (Å²) in [5.41, 5.74) is 0. The van der Waals surface area contributed by atoms with Crippen LogP contribution in [0.3, 0.4) is 0 Å². The molecule has 2 saturated carbocycles. The maximum atomic E-state index is 12.1. The first-order chi connectivity index (χ1) is 7.18. The lowest BCUT2D eigenvalue weighted by Gasteiger charge is -2.37. The molecule has 0 radical (unpaired) electrons. The first kappa shape index (κ1) is 10.7. The van der Waals surface area contributed by atoms with Gasteiger partial charge in [-0.15, -0.1) is 0 Å². The second-order valence-electron chi connectivity index (χ2n) is 4.85. The van der Waals surface area contributed by atoms with Gasteiger partial charge >= 0.3 is 0 Å². The Morgan fingerprint density at radius 3 is 2.27 bits per heavy atom. The molecule has 0 unspecified atom stereocenters. The Labute approximate surface area is 90.8 Å². The minimum Gasteiger partial charge on any atom is -0.343 e. The molecule has 0 aromatic carbocycles. The van der Waals surface area contributed by atoms with Crippen molar-refractivity contribution in [1.82, 2.24) is 4.90 Å². The molecular weight excluding hydrogens is 190 g/mol. The highest BCUT2D eigenvalue weighted by molar-refractivity contribution is 5.84. The van der Waals surface area contributed by atoms with Crippen LogP contribution in [0.1, 0.15) is 44.9 Å². The van der Waals surface area contributed by atoms with E-state index in [1.54, 1.807) is 0 Å². The SMILES string of the molecule is CN(C(=O)C1CCC(=O)CC1)C1CCC1. The van der Waals surface area contributed by atoms with Crippen LogP contribution in [0.4, 0.5) is 0 Å². The molecule has 1 amide bonds. The van der Waals surface area contributed by atoms with Gasteiger partial charge in [0.15, 0.2) is 0 Å². The van der Waals surface area contributed by atoms with E-state index in [0.717, 1.165) is 25.7 Å². The van der Waals surface area contributed by atoms with Crippen LogP contribution in [-0.2, 0) is 9.59 Å².